The standard InChI is InChI=1S/C14H27N3/c1-11(2)10-14(15-5)7-6-13-8-9-17(16-13)12(3)4/h8-9,11-12,14-15H,6-7,10H2,1-5H3. The minimum atomic E-state index is 0.458. The molecule has 0 radical (unpaired) electrons. The second kappa shape index (κ2) is 6.80. The lowest BCUT2D eigenvalue weighted by Crippen LogP contribution is -2.27. The van der Waals surface area contributed by atoms with Gasteiger partial charge >= 0.3 is 0 Å². The van der Waals surface area contributed by atoms with Gasteiger partial charge in [0.05, 0.1) is 5.69 Å². The van der Waals surface area contributed by atoms with Gasteiger partial charge in [-0.2, -0.15) is 5.10 Å². The molecule has 0 bridgehead atoms. The first-order chi connectivity index (χ1) is 8.02. The van der Waals surface area contributed by atoms with Crippen molar-refractivity contribution in [1.29, 1.82) is 0 Å². The number of hydrogen-bond acceptors (Lipinski definition) is 2. The highest BCUT2D eigenvalue weighted by Crippen LogP contribution is 2.11. The van der Waals surface area contributed by atoms with Gasteiger partial charge in [-0.05, 0) is 52.1 Å². The highest BCUT2D eigenvalue weighted by atomic mass is 15.3. The van der Waals surface area contributed by atoms with Crippen molar-refractivity contribution in [3.8, 4) is 0 Å². The van der Waals surface area contributed by atoms with Crippen LogP contribution in [0.3, 0.4) is 0 Å². The monoisotopic (exact) mass is 237 g/mol. The summed E-state index contributed by atoms with van der Waals surface area (Å²) in [6.45, 7) is 8.87. The fourth-order valence-corrected chi connectivity index (χ4v) is 2.07. The molecule has 0 saturated heterocycles. The SMILES string of the molecule is CNC(CCc1ccn(C(C)C)n1)CC(C)C. The summed E-state index contributed by atoms with van der Waals surface area (Å²) in [7, 11) is 2.06. The second-order valence-corrected chi connectivity index (χ2v) is 5.53. The van der Waals surface area contributed by atoms with Crippen LogP contribution in [0.4, 0.5) is 0 Å². The Hall–Kier alpha value is -0.830. The van der Waals surface area contributed by atoms with E-state index in [0.717, 1.165) is 12.3 Å². The predicted molar refractivity (Wildman–Crippen MR) is 73.2 cm³/mol. The summed E-state index contributed by atoms with van der Waals surface area (Å²) in [6, 6.07) is 3.21. The molecule has 0 fully saturated rings. The fraction of sp³-hybridized carbons (Fsp3) is 0.786. The second-order valence-electron chi connectivity index (χ2n) is 5.53. The van der Waals surface area contributed by atoms with E-state index in [1.54, 1.807) is 0 Å². The summed E-state index contributed by atoms with van der Waals surface area (Å²) in [4.78, 5) is 0. The summed E-state index contributed by atoms with van der Waals surface area (Å²) in [5.41, 5.74) is 1.21. The van der Waals surface area contributed by atoms with Crippen LogP contribution in [-0.2, 0) is 6.42 Å². The maximum atomic E-state index is 4.58. The van der Waals surface area contributed by atoms with Gasteiger partial charge in [0, 0.05) is 18.3 Å². The minimum Gasteiger partial charge on any atom is -0.317 e. The van der Waals surface area contributed by atoms with Gasteiger partial charge < -0.3 is 5.32 Å². The number of rotatable bonds is 7. The molecule has 0 aliphatic heterocycles. The van der Waals surface area contributed by atoms with E-state index < -0.39 is 0 Å². The summed E-state index contributed by atoms with van der Waals surface area (Å²) < 4.78 is 2.03. The van der Waals surface area contributed by atoms with Gasteiger partial charge in [0.25, 0.3) is 0 Å². The topological polar surface area (TPSA) is 29.9 Å². The van der Waals surface area contributed by atoms with Gasteiger partial charge in [0.1, 0.15) is 0 Å². The largest absolute Gasteiger partial charge is 0.317 e. The molecule has 0 spiro atoms. The first kappa shape index (κ1) is 14.2. The van der Waals surface area contributed by atoms with Crippen molar-refractivity contribution in [2.24, 2.45) is 5.92 Å². The van der Waals surface area contributed by atoms with Crippen molar-refractivity contribution in [1.82, 2.24) is 15.1 Å². The molecular weight excluding hydrogens is 210 g/mol. The molecule has 1 heterocycles. The van der Waals surface area contributed by atoms with Crippen molar-refractivity contribution < 1.29 is 0 Å². The van der Waals surface area contributed by atoms with E-state index in [1.807, 2.05) is 4.68 Å². The molecule has 1 unspecified atom stereocenters. The molecule has 0 saturated carbocycles. The predicted octanol–water partition coefficient (Wildman–Crippen LogP) is 3.03. The molecule has 1 rings (SSSR count). The van der Waals surface area contributed by atoms with Crippen LogP contribution >= 0.6 is 0 Å². The highest BCUT2D eigenvalue weighted by molar-refractivity contribution is 5.00. The van der Waals surface area contributed by atoms with E-state index in [2.05, 4.69) is 57.4 Å². The number of nitrogens with one attached hydrogen (secondary N) is 1. The maximum Gasteiger partial charge on any atom is 0.0625 e. The van der Waals surface area contributed by atoms with E-state index in [0.29, 0.717) is 12.1 Å². The van der Waals surface area contributed by atoms with E-state index in [-0.39, 0.29) is 0 Å². The number of aromatic nitrogens is 2. The Labute approximate surface area is 106 Å². The smallest absolute Gasteiger partial charge is 0.0625 e. The molecule has 1 aromatic rings. The van der Waals surface area contributed by atoms with Gasteiger partial charge in [-0.1, -0.05) is 13.8 Å². The van der Waals surface area contributed by atoms with Crippen LogP contribution in [0.5, 0.6) is 0 Å². The van der Waals surface area contributed by atoms with Gasteiger partial charge in [-0.25, -0.2) is 0 Å². The zero-order valence-corrected chi connectivity index (χ0v) is 11.9. The lowest BCUT2D eigenvalue weighted by Gasteiger charge is -2.17. The Kier molecular flexibility index (Phi) is 5.69. The third-order valence-corrected chi connectivity index (χ3v) is 3.11. The van der Waals surface area contributed by atoms with E-state index in [9.17, 15) is 0 Å². The fourth-order valence-electron chi connectivity index (χ4n) is 2.07. The van der Waals surface area contributed by atoms with Crippen molar-refractivity contribution in [3.63, 3.8) is 0 Å². The molecule has 98 valence electrons. The summed E-state index contributed by atoms with van der Waals surface area (Å²) >= 11 is 0. The van der Waals surface area contributed by atoms with Crippen LogP contribution in [0.15, 0.2) is 12.3 Å². The molecule has 0 aliphatic rings. The van der Waals surface area contributed by atoms with E-state index in [4.69, 9.17) is 0 Å². The first-order valence-corrected chi connectivity index (χ1v) is 6.74. The Balaban J connectivity index is 2.42. The Morgan fingerprint density at radius 1 is 1.29 bits per heavy atom. The summed E-state index contributed by atoms with van der Waals surface area (Å²) in [5.74, 6) is 0.751. The molecule has 1 aromatic heterocycles. The molecular formula is C14H27N3. The molecule has 0 aliphatic carbocycles. The Morgan fingerprint density at radius 2 is 2.00 bits per heavy atom. The first-order valence-electron chi connectivity index (χ1n) is 6.74. The Morgan fingerprint density at radius 3 is 2.47 bits per heavy atom. The van der Waals surface area contributed by atoms with Crippen molar-refractivity contribution in [2.75, 3.05) is 7.05 Å². The van der Waals surface area contributed by atoms with Crippen molar-refractivity contribution in [2.45, 2.75) is 59.0 Å². The quantitative estimate of drug-likeness (QED) is 0.790. The maximum absolute atomic E-state index is 4.58. The highest BCUT2D eigenvalue weighted by Gasteiger charge is 2.10. The average Bonchev–Trinajstić information content (AvgIpc) is 2.72. The van der Waals surface area contributed by atoms with Gasteiger partial charge in [0.15, 0.2) is 0 Å². The molecule has 3 nitrogen and oxygen atoms in total. The number of aryl methyl sites for hydroxylation is 1. The van der Waals surface area contributed by atoms with Crippen LogP contribution in [0, 0.1) is 5.92 Å². The molecule has 1 N–H and O–H groups in total. The van der Waals surface area contributed by atoms with Gasteiger partial charge in [-0.15, -0.1) is 0 Å². The van der Waals surface area contributed by atoms with Crippen LogP contribution in [0.1, 0.15) is 52.3 Å². The average molecular weight is 237 g/mol. The minimum absolute atomic E-state index is 0.458. The molecule has 3 heteroatoms. The number of hydrogen-bond donors (Lipinski definition) is 1. The Bertz CT molecular complexity index is 315. The van der Waals surface area contributed by atoms with E-state index in [1.165, 1.54) is 18.5 Å². The lowest BCUT2D eigenvalue weighted by molar-refractivity contribution is 0.419. The third-order valence-electron chi connectivity index (χ3n) is 3.11. The van der Waals surface area contributed by atoms with E-state index >= 15 is 0 Å². The molecule has 17 heavy (non-hydrogen) atoms. The molecule has 0 aromatic carbocycles. The third kappa shape index (κ3) is 4.90. The van der Waals surface area contributed by atoms with Crippen molar-refractivity contribution in [3.05, 3.63) is 18.0 Å². The number of nitrogens with zero attached hydrogens (tertiary/aromatic N) is 2. The van der Waals surface area contributed by atoms with Gasteiger partial charge in [-0.3, -0.25) is 4.68 Å². The van der Waals surface area contributed by atoms with Crippen LogP contribution in [-0.4, -0.2) is 22.9 Å². The summed E-state index contributed by atoms with van der Waals surface area (Å²) in [5, 5.41) is 7.98. The van der Waals surface area contributed by atoms with Gasteiger partial charge in [0.2, 0.25) is 0 Å². The zero-order valence-electron chi connectivity index (χ0n) is 11.9. The van der Waals surface area contributed by atoms with Crippen LogP contribution < -0.4 is 5.32 Å². The summed E-state index contributed by atoms with van der Waals surface area (Å²) in [6.07, 6.45) is 5.56. The van der Waals surface area contributed by atoms with Crippen LogP contribution in [0.2, 0.25) is 0 Å². The molecule has 0 amide bonds. The van der Waals surface area contributed by atoms with Crippen molar-refractivity contribution >= 4 is 0 Å². The zero-order chi connectivity index (χ0) is 12.8. The lowest BCUT2D eigenvalue weighted by atomic mass is 9.99. The van der Waals surface area contributed by atoms with Crippen LogP contribution in [0.25, 0.3) is 0 Å². The normalized spacial score (nSPS) is 13.6. The molecule has 1 atom stereocenters.